The highest BCUT2D eigenvalue weighted by molar-refractivity contribution is 5.88. The fourth-order valence-corrected chi connectivity index (χ4v) is 2.76. The normalized spacial score (nSPS) is 24.6. The number of ether oxygens (including phenoxy) is 1. The average Bonchev–Trinajstić information content (AvgIpc) is 2.80. The number of hydrogen-bond acceptors (Lipinski definition) is 4. The molecule has 0 aliphatic heterocycles. The van der Waals surface area contributed by atoms with E-state index in [4.69, 9.17) is 4.74 Å². The third kappa shape index (κ3) is 5.00. The van der Waals surface area contributed by atoms with Crippen molar-refractivity contribution in [2.45, 2.75) is 19.8 Å². The Balaban J connectivity index is 2.53. The predicted molar refractivity (Wildman–Crippen MR) is 75.5 cm³/mol. The molecular weight excluding hydrogens is 276 g/mol. The minimum Gasteiger partial charge on any atom is -0.481 e. The summed E-state index contributed by atoms with van der Waals surface area (Å²) in [5.74, 6) is -2.45. The lowest BCUT2D eigenvalue weighted by molar-refractivity contribution is -0.149. The Morgan fingerprint density at radius 3 is 2.48 bits per heavy atom. The summed E-state index contributed by atoms with van der Waals surface area (Å²) < 4.78 is 4.82. The molecule has 1 aliphatic carbocycles. The van der Waals surface area contributed by atoms with E-state index in [9.17, 15) is 19.5 Å². The van der Waals surface area contributed by atoms with Crippen LogP contribution in [0.1, 0.15) is 19.8 Å². The van der Waals surface area contributed by atoms with Crippen LogP contribution in [0.15, 0.2) is 0 Å². The first kappa shape index (κ1) is 17.4. The fraction of sp³-hybridized carbons (Fsp3) is 0.786. The Bertz CT molecular complexity index is 399. The molecule has 7 nitrogen and oxygen atoms in total. The molecule has 1 rings (SSSR count). The van der Waals surface area contributed by atoms with Crippen LogP contribution in [-0.2, 0) is 19.1 Å². The molecule has 0 aromatic rings. The largest absolute Gasteiger partial charge is 0.481 e. The van der Waals surface area contributed by atoms with E-state index in [2.05, 4.69) is 5.32 Å². The van der Waals surface area contributed by atoms with Crippen molar-refractivity contribution in [2.24, 2.45) is 17.8 Å². The van der Waals surface area contributed by atoms with Crippen LogP contribution >= 0.6 is 0 Å². The second-order valence-corrected chi connectivity index (χ2v) is 5.66. The number of carbonyl (C=O) groups excluding carboxylic acids is 2. The molecule has 0 spiro atoms. The molecule has 120 valence electrons. The van der Waals surface area contributed by atoms with Crippen molar-refractivity contribution in [3.63, 3.8) is 0 Å². The number of rotatable bonds is 7. The van der Waals surface area contributed by atoms with Gasteiger partial charge in [0.2, 0.25) is 11.8 Å². The van der Waals surface area contributed by atoms with Gasteiger partial charge in [0.1, 0.15) is 0 Å². The predicted octanol–water partition coefficient (Wildman–Crippen LogP) is -0.0457. The Hall–Kier alpha value is -1.63. The molecule has 1 fully saturated rings. The molecule has 1 saturated carbocycles. The smallest absolute Gasteiger partial charge is 0.307 e. The summed E-state index contributed by atoms with van der Waals surface area (Å²) in [6, 6.07) is 0. The van der Waals surface area contributed by atoms with Crippen LogP contribution in [0.5, 0.6) is 0 Å². The average molecular weight is 300 g/mol. The molecule has 0 bridgehead atoms. The van der Waals surface area contributed by atoms with Crippen LogP contribution in [0.25, 0.3) is 0 Å². The van der Waals surface area contributed by atoms with Gasteiger partial charge in [-0.1, -0.05) is 6.92 Å². The summed E-state index contributed by atoms with van der Waals surface area (Å²) >= 11 is 0. The quantitative estimate of drug-likeness (QED) is 0.643. The number of hydrogen-bond donors (Lipinski definition) is 2. The van der Waals surface area contributed by atoms with Crippen LogP contribution in [0, 0.1) is 17.8 Å². The van der Waals surface area contributed by atoms with Gasteiger partial charge in [0.05, 0.1) is 25.0 Å². The third-order valence-electron chi connectivity index (χ3n) is 3.82. The number of carbonyl (C=O) groups is 3. The maximum Gasteiger partial charge on any atom is 0.307 e. The van der Waals surface area contributed by atoms with Gasteiger partial charge in [-0.3, -0.25) is 14.4 Å². The van der Waals surface area contributed by atoms with Crippen molar-refractivity contribution in [2.75, 3.05) is 33.9 Å². The zero-order valence-electron chi connectivity index (χ0n) is 12.8. The van der Waals surface area contributed by atoms with Crippen molar-refractivity contribution >= 4 is 17.8 Å². The summed E-state index contributed by atoms with van der Waals surface area (Å²) in [6.45, 7) is 2.67. The highest BCUT2D eigenvalue weighted by Gasteiger charge is 2.42. The van der Waals surface area contributed by atoms with Gasteiger partial charge in [0.15, 0.2) is 0 Å². The van der Waals surface area contributed by atoms with Crippen LogP contribution in [0.4, 0.5) is 0 Å². The van der Waals surface area contributed by atoms with Crippen molar-refractivity contribution in [1.82, 2.24) is 10.2 Å². The molecule has 0 heterocycles. The number of methoxy groups -OCH3 is 1. The molecule has 3 atom stereocenters. The van der Waals surface area contributed by atoms with Gasteiger partial charge >= 0.3 is 5.97 Å². The van der Waals surface area contributed by atoms with Gasteiger partial charge in [-0.15, -0.1) is 0 Å². The van der Waals surface area contributed by atoms with E-state index in [0.29, 0.717) is 26.0 Å². The van der Waals surface area contributed by atoms with Crippen molar-refractivity contribution in [1.29, 1.82) is 0 Å². The van der Waals surface area contributed by atoms with Crippen LogP contribution < -0.4 is 5.32 Å². The lowest BCUT2D eigenvalue weighted by Crippen LogP contribution is -2.43. The summed E-state index contributed by atoms with van der Waals surface area (Å²) in [5, 5.41) is 11.8. The van der Waals surface area contributed by atoms with E-state index >= 15 is 0 Å². The SMILES string of the molecule is COCCNC(=O)CN(C)C(=O)[C@H]1CC(C)C[C@H]1C(=O)O. The molecule has 0 aromatic carbocycles. The molecule has 0 radical (unpaired) electrons. The second kappa shape index (κ2) is 7.97. The van der Waals surface area contributed by atoms with Gasteiger partial charge in [-0.05, 0) is 18.8 Å². The van der Waals surface area contributed by atoms with Gasteiger partial charge in [-0.2, -0.15) is 0 Å². The number of nitrogens with zero attached hydrogens (tertiary/aromatic N) is 1. The van der Waals surface area contributed by atoms with Gasteiger partial charge in [-0.25, -0.2) is 0 Å². The zero-order valence-corrected chi connectivity index (χ0v) is 12.8. The topological polar surface area (TPSA) is 95.9 Å². The van der Waals surface area contributed by atoms with E-state index in [-0.39, 0.29) is 24.3 Å². The third-order valence-corrected chi connectivity index (χ3v) is 3.82. The first-order chi connectivity index (χ1) is 9.86. The number of carboxylic acids is 1. The van der Waals surface area contributed by atoms with E-state index in [0.717, 1.165) is 0 Å². The lowest BCUT2D eigenvalue weighted by Gasteiger charge is -2.23. The molecule has 1 aliphatic rings. The number of likely N-dealkylation sites (N-methyl/N-ethyl adjacent to an activating group) is 1. The molecule has 2 N–H and O–H groups in total. The maximum atomic E-state index is 12.3. The molecular formula is C14H24N2O5. The number of carboxylic acid groups (broad SMARTS) is 1. The molecule has 1 unspecified atom stereocenters. The van der Waals surface area contributed by atoms with Gasteiger partial charge < -0.3 is 20.1 Å². The first-order valence-corrected chi connectivity index (χ1v) is 7.10. The Labute approximate surface area is 124 Å². The minimum atomic E-state index is -0.935. The van der Waals surface area contributed by atoms with E-state index in [1.54, 1.807) is 0 Å². The van der Waals surface area contributed by atoms with Gasteiger partial charge in [0, 0.05) is 20.7 Å². The van der Waals surface area contributed by atoms with E-state index in [1.165, 1.54) is 19.1 Å². The molecule has 0 aromatic heterocycles. The van der Waals surface area contributed by atoms with Crippen molar-refractivity contribution in [3.05, 3.63) is 0 Å². The van der Waals surface area contributed by atoms with E-state index in [1.807, 2.05) is 6.92 Å². The summed E-state index contributed by atoms with van der Waals surface area (Å²) in [6.07, 6.45) is 1.07. The molecule has 7 heteroatoms. The molecule has 2 amide bonds. The summed E-state index contributed by atoms with van der Waals surface area (Å²) in [5.41, 5.74) is 0. The Kier molecular flexibility index (Phi) is 6.61. The summed E-state index contributed by atoms with van der Waals surface area (Å²) in [4.78, 5) is 36.5. The molecule has 21 heavy (non-hydrogen) atoms. The molecule has 0 saturated heterocycles. The number of aliphatic carboxylic acids is 1. The minimum absolute atomic E-state index is 0.0697. The number of amides is 2. The lowest BCUT2D eigenvalue weighted by atomic mass is 9.95. The highest BCUT2D eigenvalue weighted by Crippen LogP contribution is 2.37. The first-order valence-electron chi connectivity index (χ1n) is 7.10. The maximum absolute atomic E-state index is 12.3. The standard InChI is InChI=1S/C14H24N2O5/c1-9-6-10(11(7-9)14(19)20)13(18)16(2)8-12(17)15-4-5-21-3/h9-11H,4-8H2,1-3H3,(H,15,17)(H,19,20)/t9?,10-,11+/m0/s1. The van der Waals surface area contributed by atoms with Gasteiger partial charge in [0.25, 0.3) is 0 Å². The zero-order chi connectivity index (χ0) is 16.0. The highest BCUT2D eigenvalue weighted by atomic mass is 16.5. The van der Waals surface area contributed by atoms with Crippen molar-refractivity contribution < 1.29 is 24.2 Å². The van der Waals surface area contributed by atoms with Crippen LogP contribution in [0.3, 0.4) is 0 Å². The monoisotopic (exact) mass is 300 g/mol. The van der Waals surface area contributed by atoms with Crippen LogP contribution in [0.2, 0.25) is 0 Å². The Morgan fingerprint density at radius 2 is 1.90 bits per heavy atom. The second-order valence-electron chi connectivity index (χ2n) is 5.66. The summed E-state index contributed by atoms with van der Waals surface area (Å²) in [7, 11) is 3.06. The van der Waals surface area contributed by atoms with E-state index < -0.39 is 17.8 Å². The number of nitrogens with one attached hydrogen (secondary N) is 1. The van der Waals surface area contributed by atoms with Crippen molar-refractivity contribution in [3.8, 4) is 0 Å². The van der Waals surface area contributed by atoms with Crippen LogP contribution in [-0.4, -0.2) is 61.6 Å². The Morgan fingerprint density at radius 1 is 1.29 bits per heavy atom. The fourth-order valence-electron chi connectivity index (χ4n) is 2.76.